The Hall–Kier alpha value is -3.68. The zero-order chi connectivity index (χ0) is 20.0. The van der Waals surface area contributed by atoms with Gasteiger partial charge in [0.15, 0.2) is 0 Å². The Bertz CT molecular complexity index is 1360. The molecule has 0 saturated carbocycles. The molecule has 0 bridgehead atoms. The van der Waals surface area contributed by atoms with Crippen molar-refractivity contribution in [2.24, 2.45) is 14.1 Å². The van der Waals surface area contributed by atoms with Crippen molar-refractivity contribution in [1.29, 1.82) is 0 Å². The summed E-state index contributed by atoms with van der Waals surface area (Å²) in [7, 11) is 3.38. The highest BCUT2D eigenvalue weighted by molar-refractivity contribution is 5.93. The molecule has 0 aliphatic rings. The highest BCUT2D eigenvalue weighted by atomic mass is 16.2. The number of rotatable bonds is 3. The Morgan fingerprint density at radius 1 is 1.04 bits per heavy atom. The van der Waals surface area contributed by atoms with Gasteiger partial charge in [0.25, 0.3) is 5.56 Å². The van der Waals surface area contributed by atoms with Gasteiger partial charge in [-0.3, -0.25) is 23.3 Å². The van der Waals surface area contributed by atoms with Crippen molar-refractivity contribution in [3.8, 4) is 0 Å². The Morgan fingerprint density at radius 3 is 2.54 bits per heavy atom. The lowest BCUT2D eigenvalue weighted by Gasteiger charge is -2.11. The molecule has 4 rings (SSSR count). The van der Waals surface area contributed by atoms with E-state index < -0.39 is 0 Å². The zero-order valence-electron chi connectivity index (χ0n) is 15.8. The Labute approximate surface area is 159 Å². The number of amides is 1. The highest BCUT2D eigenvalue weighted by Gasteiger charge is 2.13. The van der Waals surface area contributed by atoms with Gasteiger partial charge in [-0.1, -0.05) is 12.1 Å². The minimum atomic E-state index is -0.345. The van der Waals surface area contributed by atoms with Crippen molar-refractivity contribution in [2.75, 3.05) is 5.32 Å². The van der Waals surface area contributed by atoms with Crippen LogP contribution in [-0.4, -0.2) is 24.6 Å². The topological polar surface area (TPSA) is 90.9 Å². The van der Waals surface area contributed by atoms with E-state index in [2.05, 4.69) is 10.3 Å². The van der Waals surface area contributed by atoms with Crippen LogP contribution in [0.25, 0.3) is 21.9 Å². The second-order valence-corrected chi connectivity index (χ2v) is 6.72. The summed E-state index contributed by atoms with van der Waals surface area (Å²) in [5.41, 5.74) is 2.26. The van der Waals surface area contributed by atoms with Gasteiger partial charge in [-0.2, -0.15) is 0 Å². The van der Waals surface area contributed by atoms with Gasteiger partial charge in [0.1, 0.15) is 12.4 Å². The second kappa shape index (κ2) is 6.49. The maximum atomic E-state index is 12.7. The number of nitrogens with zero attached hydrogens (tertiary/aromatic N) is 4. The minimum Gasteiger partial charge on any atom is -0.324 e. The van der Waals surface area contributed by atoms with Crippen molar-refractivity contribution in [3.05, 3.63) is 69.1 Å². The van der Waals surface area contributed by atoms with Crippen LogP contribution in [0.4, 0.5) is 5.69 Å². The van der Waals surface area contributed by atoms with Crippen molar-refractivity contribution < 1.29 is 4.79 Å². The highest BCUT2D eigenvalue weighted by Crippen LogP contribution is 2.17. The van der Waals surface area contributed by atoms with Crippen LogP contribution in [0.3, 0.4) is 0 Å². The average Bonchev–Trinajstić information content (AvgIpc) is 2.89. The third-order valence-electron chi connectivity index (χ3n) is 4.91. The van der Waals surface area contributed by atoms with E-state index in [1.165, 1.54) is 9.13 Å². The molecule has 0 fully saturated rings. The summed E-state index contributed by atoms with van der Waals surface area (Å²) in [6.45, 7) is 1.56. The number of para-hydroxylation sites is 1. The fourth-order valence-electron chi connectivity index (χ4n) is 3.39. The van der Waals surface area contributed by atoms with Gasteiger partial charge in [-0.25, -0.2) is 9.78 Å². The first-order valence-electron chi connectivity index (χ1n) is 8.78. The van der Waals surface area contributed by atoms with Crippen LogP contribution in [0.5, 0.6) is 0 Å². The van der Waals surface area contributed by atoms with E-state index in [0.717, 1.165) is 5.52 Å². The van der Waals surface area contributed by atoms with E-state index in [4.69, 9.17) is 0 Å². The third-order valence-corrected chi connectivity index (χ3v) is 4.91. The molecule has 0 aliphatic heterocycles. The SMILES string of the molecule is Cc1nc2ccccc2c(=O)n1CC(=O)Nc1ccc2c(c1)n(C)c(=O)n2C. The van der Waals surface area contributed by atoms with Crippen LogP contribution in [0, 0.1) is 6.92 Å². The normalized spacial score (nSPS) is 11.2. The van der Waals surface area contributed by atoms with Crippen molar-refractivity contribution >= 4 is 33.5 Å². The summed E-state index contributed by atoms with van der Waals surface area (Å²) in [6.07, 6.45) is 0. The van der Waals surface area contributed by atoms with Crippen LogP contribution in [-0.2, 0) is 25.4 Å². The standard InChI is InChI=1S/C20H19N5O3/c1-12-21-15-7-5-4-6-14(15)19(27)25(12)11-18(26)22-13-8-9-16-17(10-13)24(3)20(28)23(16)2/h4-10H,11H2,1-3H3,(H,22,26). The van der Waals surface area contributed by atoms with Gasteiger partial charge < -0.3 is 5.32 Å². The third kappa shape index (κ3) is 2.79. The Kier molecular flexibility index (Phi) is 4.11. The number of aryl methyl sites for hydroxylation is 3. The predicted molar refractivity (Wildman–Crippen MR) is 108 cm³/mol. The van der Waals surface area contributed by atoms with Gasteiger partial charge in [-0.15, -0.1) is 0 Å². The van der Waals surface area contributed by atoms with Crippen molar-refractivity contribution in [2.45, 2.75) is 13.5 Å². The molecule has 0 spiro atoms. The van der Waals surface area contributed by atoms with Gasteiger partial charge in [0, 0.05) is 19.8 Å². The summed E-state index contributed by atoms with van der Waals surface area (Å²) in [4.78, 5) is 41.7. The minimum absolute atomic E-state index is 0.136. The van der Waals surface area contributed by atoms with Crippen molar-refractivity contribution in [1.82, 2.24) is 18.7 Å². The molecule has 8 nitrogen and oxygen atoms in total. The summed E-state index contributed by atoms with van der Waals surface area (Å²) < 4.78 is 4.42. The number of hydrogen-bond donors (Lipinski definition) is 1. The molecule has 2 heterocycles. The van der Waals surface area contributed by atoms with Crippen LogP contribution in [0.1, 0.15) is 5.82 Å². The number of carbonyl (C=O) groups excluding carboxylic acids is 1. The quantitative estimate of drug-likeness (QED) is 0.586. The van der Waals surface area contributed by atoms with E-state index in [9.17, 15) is 14.4 Å². The molecule has 0 unspecified atom stereocenters. The van der Waals surface area contributed by atoms with Crippen molar-refractivity contribution in [3.63, 3.8) is 0 Å². The molecular weight excluding hydrogens is 358 g/mol. The smallest absolute Gasteiger partial charge is 0.324 e. The molecule has 4 aromatic rings. The number of benzene rings is 2. The molecule has 0 aliphatic carbocycles. The lowest BCUT2D eigenvalue weighted by Crippen LogP contribution is -2.30. The van der Waals surface area contributed by atoms with Crippen LogP contribution < -0.4 is 16.6 Å². The van der Waals surface area contributed by atoms with Crippen LogP contribution in [0.2, 0.25) is 0 Å². The van der Waals surface area contributed by atoms with Gasteiger partial charge >= 0.3 is 5.69 Å². The lowest BCUT2D eigenvalue weighted by molar-refractivity contribution is -0.116. The first kappa shape index (κ1) is 17.7. The Balaban J connectivity index is 1.64. The molecule has 1 amide bonds. The summed E-state index contributed by atoms with van der Waals surface area (Å²) >= 11 is 0. The molecule has 1 N–H and O–H groups in total. The monoisotopic (exact) mass is 377 g/mol. The van der Waals surface area contributed by atoms with E-state index in [-0.39, 0.29) is 23.7 Å². The molecule has 0 radical (unpaired) electrons. The maximum absolute atomic E-state index is 12.7. The Morgan fingerprint density at radius 2 is 1.75 bits per heavy atom. The number of aromatic nitrogens is 4. The summed E-state index contributed by atoms with van der Waals surface area (Å²) in [5.74, 6) is 0.127. The molecule has 8 heteroatoms. The predicted octanol–water partition coefficient (Wildman–Crippen LogP) is 1.53. The lowest BCUT2D eigenvalue weighted by atomic mass is 10.2. The number of hydrogen-bond acceptors (Lipinski definition) is 4. The number of imidazole rings is 1. The average molecular weight is 377 g/mol. The second-order valence-electron chi connectivity index (χ2n) is 6.72. The first-order chi connectivity index (χ1) is 13.4. The number of anilines is 1. The molecule has 142 valence electrons. The molecule has 0 saturated heterocycles. The molecule has 2 aromatic heterocycles. The van der Waals surface area contributed by atoms with E-state index in [1.807, 2.05) is 6.07 Å². The molecular formula is C20H19N5O3. The summed E-state index contributed by atoms with van der Waals surface area (Å²) in [6, 6.07) is 12.3. The fourth-order valence-corrected chi connectivity index (χ4v) is 3.39. The maximum Gasteiger partial charge on any atom is 0.328 e. The number of carbonyl (C=O) groups is 1. The number of fused-ring (bicyclic) bond motifs is 2. The van der Waals surface area contributed by atoms with Crippen LogP contribution in [0.15, 0.2) is 52.1 Å². The number of nitrogens with one attached hydrogen (secondary N) is 1. The van der Waals surface area contributed by atoms with E-state index >= 15 is 0 Å². The summed E-state index contributed by atoms with van der Waals surface area (Å²) in [5, 5.41) is 3.26. The first-order valence-corrected chi connectivity index (χ1v) is 8.78. The molecule has 2 aromatic carbocycles. The van der Waals surface area contributed by atoms with Gasteiger partial charge in [0.2, 0.25) is 5.91 Å². The molecule has 0 atom stereocenters. The van der Waals surface area contributed by atoms with Gasteiger partial charge in [0.05, 0.1) is 21.9 Å². The van der Waals surface area contributed by atoms with E-state index in [0.29, 0.717) is 27.9 Å². The largest absolute Gasteiger partial charge is 0.328 e. The fraction of sp³-hybridized carbons (Fsp3) is 0.200. The zero-order valence-corrected chi connectivity index (χ0v) is 15.8. The van der Waals surface area contributed by atoms with E-state index in [1.54, 1.807) is 62.0 Å². The van der Waals surface area contributed by atoms with Gasteiger partial charge in [-0.05, 0) is 37.3 Å². The molecule has 28 heavy (non-hydrogen) atoms. The van der Waals surface area contributed by atoms with Crippen LogP contribution >= 0.6 is 0 Å².